The van der Waals surface area contributed by atoms with E-state index in [0.717, 1.165) is 6.26 Å². The SMILES string of the molecule is COc1ccc(NC(=O)c2csc(Nc3ccc(S(C)(=O)=O)cc3)n2)cc1Cl. The molecule has 1 amide bonds. The topological polar surface area (TPSA) is 97.4 Å². The van der Waals surface area contributed by atoms with Gasteiger partial charge in [0.1, 0.15) is 11.4 Å². The highest BCUT2D eigenvalue weighted by Crippen LogP contribution is 2.28. The number of hydrogen-bond acceptors (Lipinski definition) is 7. The predicted molar refractivity (Wildman–Crippen MR) is 111 cm³/mol. The minimum Gasteiger partial charge on any atom is -0.495 e. The highest BCUT2D eigenvalue weighted by molar-refractivity contribution is 7.90. The van der Waals surface area contributed by atoms with Gasteiger partial charge < -0.3 is 15.4 Å². The molecule has 0 bridgehead atoms. The lowest BCUT2D eigenvalue weighted by molar-refractivity contribution is 0.102. The fourth-order valence-electron chi connectivity index (χ4n) is 2.28. The van der Waals surface area contributed by atoms with E-state index in [2.05, 4.69) is 15.6 Å². The van der Waals surface area contributed by atoms with Crippen molar-refractivity contribution in [1.82, 2.24) is 4.98 Å². The Morgan fingerprint density at radius 3 is 2.43 bits per heavy atom. The van der Waals surface area contributed by atoms with Crippen LogP contribution in [0.25, 0.3) is 0 Å². The van der Waals surface area contributed by atoms with E-state index in [0.29, 0.717) is 27.3 Å². The van der Waals surface area contributed by atoms with E-state index in [9.17, 15) is 13.2 Å². The number of hydrogen-bond donors (Lipinski definition) is 2. The Morgan fingerprint density at radius 1 is 1.14 bits per heavy atom. The number of carbonyl (C=O) groups excluding carboxylic acids is 1. The van der Waals surface area contributed by atoms with Crippen molar-refractivity contribution >= 4 is 55.2 Å². The molecule has 28 heavy (non-hydrogen) atoms. The first-order chi connectivity index (χ1) is 13.3. The number of sulfone groups is 1. The van der Waals surface area contributed by atoms with Gasteiger partial charge in [-0.2, -0.15) is 0 Å². The number of rotatable bonds is 6. The number of aromatic nitrogens is 1. The van der Waals surface area contributed by atoms with Gasteiger partial charge in [-0.15, -0.1) is 11.3 Å². The van der Waals surface area contributed by atoms with Crippen LogP contribution in [0.15, 0.2) is 52.7 Å². The highest BCUT2D eigenvalue weighted by atomic mass is 35.5. The van der Waals surface area contributed by atoms with Crippen LogP contribution in [-0.2, 0) is 9.84 Å². The minimum absolute atomic E-state index is 0.232. The molecule has 1 heterocycles. The molecule has 0 spiro atoms. The van der Waals surface area contributed by atoms with E-state index in [1.165, 1.54) is 30.6 Å². The van der Waals surface area contributed by atoms with Gasteiger partial charge in [0.15, 0.2) is 15.0 Å². The summed E-state index contributed by atoms with van der Waals surface area (Å²) in [5, 5.41) is 8.27. The molecule has 0 saturated carbocycles. The molecule has 0 atom stereocenters. The van der Waals surface area contributed by atoms with Gasteiger partial charge in [0.05, 0.1) is 17.0 Å². The Bertz CT molecular complexity index is 1110. The largest absolute Gasteiger partial charge is 0.495 e. The quantitative estimate of drug-likeness (QED) is 0.599. The summed E-state index contributed by atoms with van der Waals surface area (Å²) in [6.45, 7) is 0. The van der Waals surface area contributed by atoms with Crippen LogP contribution in [0.2, 0.25) is 5.02 Å². The van der Waals surface area contributed by atoms with Crippen LogP contribution in [0, 0.1) is 0 Å². The van der Waals surface area contributed by atoms with Crippen molar-refractivity contribution < 1.29 is 17.9 Å². The average Bonchev–Trinajstić information content (AvgIpc) is 3.10. The number of carbonyl (C=O) groups is 1. The Morgan fingerprint density at radius 2 is 1.82 bits per heavy atom. The second kappa shape index (κ2) is 8.17. The number of amides is 1. The summed E-state index contributed by atoms with van der Waals surface area (Å²) in [5.74, 6) is 0.139. The van der Waals surface area contributed by atoms with Crippen LogP contribution < -0.4 is 15.4 Å². The van der Waals surface area contributed by atoms with Gasteiger partial charge in [0.2, 0.25) is 0 Å². The van der Waals surface area contributed by atoms with Crippen molar-refractivity contribution in [3.8, 4) is 5.75 Å². The van der Waals surface area contributed by atoms with Crippen LogP contribution in [-0.4, -0.2) is 32.7 Å². The van der Waals surface area contributed by atoms with Gasteiger partial charge >= 0.3 is 0 Å². The summed E-state index contributed by atoms with van der Waals surface area (Å²) in [5.41, 5.74) is 1.43. The summed E-state index contributed by atoms with van der Waals surface area (Å²) >= 11 is 7.31. The highest BCUT2D eigenvalue weighted by Gasteiger charge is 2.13. The van der Waals surface area contributed by atoms with Crippen molar-refractivity contribution in [3.05, 3.63) is 58.6 Å². The summed E-state index contributed by atoms with van der Waals surface area (Å²) in [4.78, 5) is 16.8. The number of halogens is 1. The second-order valence-corrected chi connectivity index (χ2v) is 9.04. The van der Waals surface area contributed by atoms with E-state index in [4.69, 9.17) is 16.3 Å². The molecule has 146 valence electrons. The smallest absolute Gasteiger partial charge is 0.275 e. The van der Waals surface area contributed by atoms with Crippen molar-refractivity contribution in [1.29, 1.82) is 0 Å². The third-order valence-electron chi connectivity index (χ3n) is 3.68. The lowest BCUT2D eigenvalue weighted by atomic mass is 10.3. The number of nitrogens with one attached hydrogen (secondary N) is 2. The molecule has 2 aromatic carbocycles. The summed E-state index contributed by atoms with van der Waals surface area (Å²) in [6, 6.07) is 11.2. The number of methoxy groups -OCH3 is 1. The maximum Gasteiger partial charge on any atom is 0.275 e. The Hall–Kier alpha value is -2.62. The van der Waals surface area contributed by atoms with Gasteiger partial charge in [-0.1, -0.05) is 11.6 Å². The predicted octanol–water partition coefficient (Wildman–Crippen LogP) is 4.20. The Kier molecular flexibility index (Phi) is 5.87. The lowest BCUT2D eigenvalue weighted by Gasteiger charge is -2.07. The monoisotopic (exact) mass is 437 g/mol. The molecular formula is C18H16ClN3O4S2. The van der Waals surface area contributed by atoms with Gasteiger partial charge in [-0.3, -0.25) is 4.79 Å². The molecule has 1 aromatic heterocycles. The molecular weight excluding hydrogens is 422 g/mol. The Labute approximate surface area is 171 Å². The molecule has 0 aliphatic heterocycles. The zero-order valence-corrected chi connectivity index (χ0v) is 17.3. The van der Waals surface area contributed by atoms with Crippen molar-refractivity contribution in [2.75, 3.05) is 24.0 Å². The van der Waals surface area contributed by atoms with Crippen LogP contribution in [0.4, 0.5) is 16.5 Å². The fourth-order valence-corrected chi connectivity index (χ4v) is 3.88. The van der Waals surface area contributed by atoms with Crippen molar-refractivity contribution in [3.63, 3.8) is 0 Å². The first-order valence-electron chi connectivity index (χ1n) is 7.94. The van der Waals surface area contributed by atoms with Crippen LogP contribution in [0.5, 0.6) is 5.75 Å². The van der Waals surface area contributed by atoms with Gasteiger partial charge in [0.25, 0.3) is 5.91 Å². The molecule has 0 aliphatic rings. The van der Waals surface area contributed by atoms with E-state index in [1.807, 2.05) is 0 Å². The molecule has 3 rings (SSSR count). The third kappa shape index (κ3) is 4.80. The number of ether oxygens (including phenoxy) is 1. The van der Waals surface area contributed by atoms with Crippen LogP contribution in [0.3, 0.4) is 0 Å². The van der Waals surface area contributed by atoms with Gasteiger partial charge in [0, 0.05) is 23.0 Å². The van der Waals surface area contributed by atoms with Crippen molar-refractivity contribution in [2.45, 2.75) is 4.90 Å². The summed E-state index contributed by atoms with van der Waals surface area (Å²) in [7, 11) is -1.74. The van der Waals surface area contributed by atoms with Gasteiger partial charge in [-0.05, 0) is 42.5 Å². The molecule has 7 nitrogen and oxygen atoms in total. The van der Waals surface area contributed by atoms with Crippen molar-refractivity contribution in [2.24, 2.45) is 0 Å². The van der Waals surface area contributed by atoms with Crippen LogP contribution >= 0.6 is 22.9 Å². The Balaban J connectivity index is 1.68. The molecule has 0 unspecified atom stereocenters. The molecule has 10 heteroatoms. The summed E-state index contributed by atoms with van der Waals surface area (Å²) in [6.07, 6.45) is 1.15. The van der Waals surface area contributed by atoms with E-state index in [-0.39, 0.29) is 16.5 Å². The number of nitrogens with zero attached hydrogens (tertiary/aromatic N) is 1. The van der Waals surface area contributed by atoms with E-state index < -0.39 is 9.84 Å². The molecule has 0 aliphatic carbocycles. The molecule has 0 radical (unpaired) electrons. The molecule has 3 aromatic rings. The first kappa shape index (κ1) is 20.1. The fraction of sp³-hybridized carbons (Fsp3) is 0.111. The lowest BCUT2D eigenvalue weighted by Crippen LogP contribution is -2.12. The third-order valence-corrected chi connectivity index (χ3v) is 5.86. The molecule has 0 fully saturated rings. The van der Waals surface area contributed by atoms with Gasteiger partial charge in [-0.25, -0.2) is 13.4 Å². The maximum absolute atomic E-state index is 12.4. The molecule has 2 N–H and O–H groups in total. The van der Waals surface area contributed by atoms with E-state index in [1.54, 1.807) is 35.7 Å². The zero-order chi connectivity index (χ0) is 20.3. The normalized spacial score (nSPS) is 11.1. The zero-order valence-electron chi connectivity index (χ0n) is 14.9. The first-order valence-corrected chi connectivity index (χ1v) is 11.1. The maximum atomic E-state index is 12.4. The van der Waals surface area contributed by atoms with E-state index >= 15 is 0 Å². The summed E-state index contributed by atoms with van der Waals surface area (Å²) < 4.78 is 28.1. The minimum atomic E-state index is -3.25. The number of anilines is 3. The van der Waals surface area contributed by atoms with Crippen LogP contribution in [0.1, 0.15) is 10.5 Å². The second-order valence-electron chi connectivity index (χ2n) is 5.76. The standard InChI is InChI=1S/C18H16ClN3O4S2/c1-26-16-8-5-12(9-14(16)19)20-17(23)15-10-27-18(22-15)21-11-3-6-13(7-4-11)28(2,24)25/h3-10H,1-2H3,(H,20,23)(H,21,22). The number of thiazole rings is 1. The average molecular weight is 438 g/mol. The molecule has 0 saturated heterocycles. The number of benzene rings is 2.